The van der Waals surface area contributed by atoms with Gasteiger partial charge in [-0.05, 0) is 65.7 Å². The Kier molecular flexibility index (Phi) is 19.1. The van der Waals surface area contributed by atoms with Crippen LogP contribution in [0.1, 0.15) is 44.9 Å². The van der Waals surface area contributed by atoms with E-state index < -0.39 is 18.1 Å². The molecule has 1 atom stereocenters. The van der Waals surface area contributed by atoms with Crippen molar-refractivity contribution in [2.75, 3.05) is 75.9 Å². The maximum atomic E-state index is 5.84. The SMILES string of the molecule is CO[Si](CCCN(C)C[Si]C(CCCCCCCN(C)C)[Si](OC)(OC)OC)OC. The standard InChI is InChI=1S/C20H47N2O5Si3/c1-21(2)16-13-11-9-10-12-15-20(30(25-6,26-7)27-8)28-19-22(3)17-14-18-29(23-4)24-5/h20H,9-19H2,1-8H3. The highest BCUT2D eigenvalue weighted by Crippen LogP contribution is 2.29. The van der Waals surface area contributed by atoms with Crippen LogP contribution < -0.4 is 0 Å². The van der Waals surface area contributed by atoms with E-state index >= 15 is 0 Å². The van der Waals surface area contributed by atoms with E-state index in [9.17, 15) is 0 Å². The molecule has 3 radical (unpaired) electrons. The van der Waals surface area contributed by atoms with Gasteiger partial charge in [-0.3, -0.25) is 0 Å². The summed E-state index contributed by atoms with van der Waals surface area (Å²) in [6, 6.07) is 1.01. The molecule has 0 heterocycles. The lowest BCUT2D eigenvalue weighted by atomic mass is 10.1. The van der Waals surface area contributed by atoms with Crippen LogP contribution in [0.5, 0.6) is 0 Å². The summed E-state index contributed by atoms with van der Waals surface area (Å²) >= 11 is 0. The van der Waals surface area contributed by atoms with Crippen LogP contribution in [0, 0.1) is 0 Å². The first kappa shape index (κ1) is 30.4. The number of nitrogens with zero attached hydrogens (tertiary/aromatic N) is 2. The molecule has 1 unspecified atom stereocenters. The second-order valence-corrected chi connectivity index (χ2v) is 15.1. The van der Waals surface area contributed by atoms with Gasteiger partial charge in [0.05, 0.1) is 9.52 Å². The van der Waals surface area contributed by atoms with Gasteiger partial charge in [0.15, 0.2) is 0 Å². The van der Waals surface area contributed by atoms with Crippen molar-refractivity contribution >= 4 is 27.6 Å². The van der Waals surface area contributed by atoms with Gasteiger partial charge in [0.25, 0.3) is 0 Å². The smallest absolute Gasteiger partial charge is 0.397 e. The van der Waals surface area contributed by atoms with Crippen molar-refractivity contribution in [3.05, 3.63) is 0 Å². The molecule has 0 fully saturated rings. The molecule has 7 nitrogen and oxygen atoms in total. The molecule has 0 bridgehead atoms. The molecule has 0 aromatic heterocycles. The van der Waals surface area contributed by atoms with E-state index in [1.54, 1.807) is 35.5 Å². The van der Waals surface area contributed by atoms with Crippen molar-refractivity contribution in [1.82, 2.24) is 9.80 Å². The van der Waals surface area contributed by atoms with Crippen LogP contribution in [-0.2, 0) is 22.1 Å². The van der Waals surface area contributed by atoms with Crippen molar-refractivity contribution in [2.45, 2.75) is 56.2 Å². The number of hydrogen-bond acceptors (Lipinski definition) is 7. The maximum Gasteiger partial charge on any atom is 0.500 e. The zero-order chi connectivity index (χ0) is 22.8. The summed E-state index contributed by atoms with van der Waals surface area (Å²) in [4.78, 5) is 4.66. The average molecular weight is 480 g/mol. The predicted octanol–water partition coefficient (Wildman–Crippen LogP) is 2.86. The molecule has 0 rings (SSSR count). The van der Waals surface area contributed by atoms with Crippen molar-refractivity contribution in [3.8, 4) is 0 Å². The van der Waals surface area contributed by atoms with Crippen molar-refractivity contribution in [1.29, 1.82) is 0 Å². The molecule has 0 N–H and O–H groups in total. The molecule has 30 heavy (non-hydrogen) atoms. The lowest BCUT2D eigenvalue weighted by Crippen LogP contribution is -2.51. The second kappa shape index (κ2) is 18.9. The molecule has 0 saturated heterocycles. The largest absolute Gasteiger partial charge is 0.500 e. The van der Waals surface area contributed by atoms with Crippen LogP contribution in [0.4, 0.5) is 0 Å². The predicted molar refractivity (Wildman–Crippen MR) is 129 cm³/mol. The minimum Gasteiger partial charge on any atom is -0.397 e. The lowest BCUT2D eigenvalue weighted by Gasteiger charge is -2.33. The van der Waals surface area contributed by atoms with Gasteiger partial charge in [0.2, 0.25) is 0 Å². The topological polar surface area (TPSA) is 52.6 Å². The fraction of sp³-hybridized carbons (Fsp3) is 1.00. The van der Waals surface area contributed by atoms with Gasteiger partial charge in [-0.25, -0.2) is 0 Å². The van der Waals surface area contributed by atoms with Gasteiger partial charge < -0.3 is 31.9 Å². The minimum atomic E-state index is -2.62. The Hall–Kier alpha value is 0.371. The summed E-state index contributed by atoms with van der Waals surface area (Å²) in [6.45, 7) is 2.23. The minimum absolute atomic E-state index is 0.360. The number of hydrogen-bond donors (Lipinski definition) is 0. The summed E-state index contributed by atoms with van der Waals surface area (Å²) in [6.07, 6.45) is 9.62. The van der Waals surface area contributed by atoms with Crippen molar-refractivity contribution < 1.29 is 22.1 Å². The summed E-state index contributed by atoms with van der Waals surface area (Å²) in [5, 5.41) is 0.360. The van der Waals surface area contributed by atoms with Crippen LogP contribution in [0.3, 0.4) is 0 Å². The van der Waals surface area contributed by atoms with Crippen LogP contribution in [-0.4, -0.2) is 113 Å². The maximum absolute atomic E-state index is 5.84. The number of rotatable bonds is 21. The third-order valence-corrected chi connectivity index (χ3v) is 13.1. The van der Waals surface area contributed by atoms with Gasteiger partial charge in [0, 0.05) is 40.7 Å². The molecule has 179 valence electrons. The molecule has 0 saturated carbocycles. The quantitative estimate of drug-likeness (QED) is 0.185. The van der Waals surface area contributed by atoms with Crippen LogP contribution in [0.25, 0.3) is 0 Å². The molecule has 10 heteroatoms. The van der Waals surface area contributed by atoms with E-state index in [0.29, 0.717) is 5.16 Å². The molecule has 0 amide bonds. The Morgan fingerprint density at radius 1 is 0.767 bits per heavy atom. The number of unbranched alkanes of at least 4 members (excludes halogenated alkanes) is 4. The molecule has 0 aliphatic heterocycles. The van der Waals surface area contributed by atoms with E-state index in [2.05, 4.69) is 30.9 Å². The van der Waals surface area contributed by atoms with Gasteiger partial charge in [-0.15, -0.1) is 0 Å². The molecular weight excluding hydrogens is 432 g/mol. The Labute approximate surface area is 191 Å². The Bertz CT molecular complexity index is 381. The van der Waals surface area contributed by atoms with E-state index in [1.165, 1.54) is 38.6 Å². The fourth-order valence-electron chi connectivity index (χ4n) is 3.51. The molecule has 0 aliphatic carbocycles. The average Bonchev–Trinajstić information content (AvgIpc) is 2.74. The van der Waals surface area contributed by atoms with Crippen molar-refractivity contribution in [2.24, 2.45) is 0 Å². The Balaban J connectivity index is 4.47. The van der Waals surface area contributed by atoms with Gasteiger partial charge in [-0.2, -0.15) is 0 Å². The van der Waals surface area contributed by atoms with E-state index in [-0.39, 0.29) is 0 Å². The lowest BCUT2D eigenvalue weighted by molar-refractivity contribution is 0.118. The van der Waals surface area contributed by atoms with Crippen LogP contribution >= 0.6 is 0 Å². The van der Waals surface area contributed by atoms with Gasteiger partial charge in [0.1, 0.15) is 0 Å². The van der Waals surface area contributed by atoms with Crippen LogP contribution in [0.15, 0.2) is 0 Å². The monoisotopic (exact) mass is 479 g/mol. The third-order valence-electron chi connectivity index (χ3n) is 5.36. The zero-order valence-corrected chi connectivity index (χ0v) is 23.8. The van der Waals surface area contributed by atoms with Crippen LogP contribution in [0.2, 0.25) is 11.2 Å². The Morgan fingerprint density at radius 3 is 1.87 bits per heavy atom. The van der Waals surface area contributed by atoms with E-state index in [0.717, 1.165) is 41.1 Å². The summed E-state index contributed by atoms with van der Waals surface area (Å²) in [5.41, 5.74) is 0. The highest BCUT2D eigenvalue weighted by molar-refractivity contribution is 6.73. The molecule has 0 aromatic rings. The highest BCUT2D eigenvalue weighted by Gasteiger charge is 2.46. The highest BCUT2D eigenvalue weighted by atomic mass is 28.4. The first-order chi connectivity index (χ1) is 14.4. The Morgan fingerprint density at radius 2 is 1.33 bits per heavy atom. The summed E-state index contributed by atoms with van der Waals surface area (Å²) < 4.78 is 28.3. The zero-order valence-electron chi connectivity index (χ0n) is 20.8. The normalized spacial score (nSPS) is 13.7. The van der Waals surface area contributed by atoms with Crippen molar-refractivity contribution in [3.63, 3.8) is 0 Å². The first-order valence-corrected chi connectivity index (χ1v) is 15.7. The van der Waals surface area contributed by atoms with Gasteiger partial charge >= 0.3 is 18.1 Å². The molecular formula is C20H47N2O5Si3. The van der Waals surface area contributed by atoms with E-state index in [1.807, 2.05) is 0 Å². The summed E-state index contributed by atoms with van der Waals surface area (Å²) in [5.74, 6) is 0. The molecule has 0 aliphatic rings. The first-order valence-electron chi connectivity index (χ1n) is 11.0. The molecule has 0 spiro atoms. The fourth-order valence-corrected chi connectivity index (χ4v) is 9.88. The molecule has 0 aromatic carbocycles. The van der Waals surface area contributed by atoms with E-state index in [4.69, 9.17) is 22.1 Å². The second-order valence-electron chi connectivity index (χ2n) is 7.95. The summed E-state index contributed by atoms with van der Waals surface area (Å²) in [7, 11) is 12.2. The van der Waals surface area contributed by atoms with Gasteiger partial charge in [-0.1, -0.05) is 25.7 Å². The third kappa shape index (κ3) is 13.0.